The van der Waals surface area contributed by atoms with Crippen LogP contribution in [0.3, 0.4) is 0 Å². The Hall–Kier alpha value is -2.20. The van der Waals surface area contributed by atoms with Gasteiger partial charge in [0.2, 0.25) is 0 Å². The third-order valence-corrected chi connectivity index (χ3v) is 5.71. The molecule has 0 aliphatic carbocycles. The van der Waals surface area contributed by atoms with Crippen molar-refractivity contribution in [2.45, 2.75) is 38.3 Å². The van der Waals surface area contributed by atoms with Gasteiger partial charge in [0.25, 0.3) is 10.0 Å². The molecule has 2 aromatic heterocycles. The van der Waals surface area contributed by atoms with Crippen LogP contribution in [0.4, 0.5) is 11.6 Å². The summed E-state index contributed by atoms with van der Waals surface area (Å²) in [5.74, 6) is 2.27. The van der Waals surface area contributed by atoms with Crippen molar-refractivity contribution in [1.29, 1.82) is 0 Å². The number of sulfonamides is 1. The molecule has 26 heavy (non-hydrogen) atoms. The third-order valence-electron chi connectivity index (χ3n) is 4.38. The van der Waals surface area contributed by atoms with Gasteiger partial charge in [-0.2, -0.15) is 0 Å². The van der Waals surface area contributed by atoms with Crippen LogP contribution in [0.2, 0.25) is 0 Å². The first kappa shape index (κ1) is 18.6. The highest BCUT2D eigenvalue weighted by atomic mass is 32.2. The Morgan fingerprint density at radius 3 is 2.65 bits per heavy atom. The average Bonchev–Trinajstić information content (AvgIpc) is 3.29. The molecule has 10 heteroatoms. The summed E-state index contributed by atoms with van der Waals surface area (Å²) >= 11 is 0. The van der Waals surface area contributed by atoms with Crippen LogP contribution in [0, 0.1) is 6.92 Å². The van der Waals surface area contributed by atoms with Gasteiger partial charge in [0, 0.05) is 45.0 Å². The summed E-state index contributed by atoms with van der Waals surface area (Å²) in [5, 5.41) is 3.18. The molecule has 0 unspecified atom stereocenters. The Balaban J connectivity index is 1.52. The Morgan fingerprint density at radius 1 is 1.19 bits per heavy atom. The molecule has 1 saturated heterocycles. The number of hydrogen-bond acceptors (Lipinski definition) is 7. The maximum atomic E-state index is 12.3. The monoisotopic (exact) mass is 379 g/mol. The minimum Gasteiger partial charge on any atom is -0.369 e. The van der Waals surface area contributed by atoms with Crippen LogP contribution in [-0.2, 0) is 16.6 Å². The molecule has 3 heterocycles. The lowest BCUT2D eigenvalue weighted by Crippen LogP contribution is -2.29. The van der Waals surface area contributed by atoms with E-state index in [1.165, 1.54) is 19.2 Å². The molecule has 1 fully saturated rings. The van der Waals surface area contributed by atoms with Gasteiger partial charge in [0.15, 0.2) is 5.03 Å². The van der Waals surface area contributed by atoms with Crippen LogP contribution in [0.25, 0.3) is 0 Å². The number of aromatic nitrogens is 4. The molecule has 0 aromatic carbocycles. The highest BCUT2D eigenvalue weighted by molar-refractivity contribution is 7.89. The van der Waals surface area contributed by atoms with E-state index in [-0.39, 0.29) is 11.6 Å². The molecule has 0 atom stereocenters. The molecule has 1 aliphatic rings. The molecule has 1 aliphatic heterocycles. The van der Waals surface area contributed by atoms with Crippen LogP contribution in [0.15, 0.2) is 23.6 Å². The molecule has 142 valence electrons. The summed E-state index contributed by atoms with van der Waals surface area (Å²) in [5.41, 5.74) is 0. The second-order valence-electron chi connectivity index (χ2n) is 6.19. The molecule has 2 aromatic rings. The second kappa shape index (κ2) is 8.00. The molecule has 9 nitrogen and oxygen atoms in total. The molecule has 0 amide bonds. The lowest BCUT2D eigenvalue weighted by molar-refractivity contribution is 0.579. The van der Waals surface area contributed by atoms with E-state index in [4.69, 9.17) is 0 Å². The summed E-state index contributed by atoms with van der Waals surface area (Å²) in [6.45, 7) is 7.10. The van der Waals surface area contributed by atoms with E-state index in [9.17, 15) is 8.42 Å². The minimum atomic E-state index is -3.61. The van der Waals surface area contributed by atoms with Crippen LogP contribution < -0.4 is 14.9 Å². The van der Waals surface area contributed by atoms with Crippen LogP contribution >= 0.6 is 0 Å². The van der Waals surface area contributed by atoms with Crippen molar-refractivity contribution in [1.82, 2.24) is 24.2 Å². The molecule has 0 radical (unpaired) electrons. The molecule has 0 spiro atoms. The summed E-state index contributed by atoms with van der Waals surface area (Å²) < 4.78 is 29.0. The maximum Gasteiger partial charge on any atom is 0.259 e. The predicted octanol–water partition coefficient (Wildman–Crippen LogP) is 0.992. The average molecular weight is 379 g/mol. The lowest BCUT2D eigenvalue weighted by atomic mass is 10.4. The van der Waals surface area contributed by atoms with Crippen molar-refractivity contribution in [3.8, 4) is 0 Å². The summed E-state index contributed by atoms with van der Waals surface area (Å²) in [6, 6.07) is 1.89. The Morgan fingerprint density at radius 2 is 1.96 bits per heavy atom. The zero-order valence-electron chi connectivity index (χ0n) is 15.1. The van der Waals surface area contributed by atoms with Gasteiger partial charge in [-0.25, -0.2) is 28.1 Å². The number of anilines is 2. The van der Waals surface area contributed by atoms with E-state index in [0.717, 1.165) is 18.9 Å². The molecule has 3 rings (SSSR count). The van der Waals surface area contributed by atoms with Gasteiger partial charge < -0.3 is 14.8 Å². The van der Waals surface area contributed by atoms with Crippen LogP contribution in [0.5, 0.6) is 0 Å². The number of aryl methyl sites for hydroxylation is 2. The van der Waals surface area contributed by atoms with Gasteiger partial charge in [0.05, 0.1) is 0 Å². The van der Waals surface area contributed by atoms with E-state index in [0.29, 0.717) is 24.7 Å². The molecular weight excluding hydrogens is 354 g/mol. The maximum absolute atomic E-state index is 12.3. The third kappa shape index (κ3) is 4.31. The SMILES string of the molecule is CCn1cc(S(=O)(=O)NCCNc2cc(N3CCCC3)ncn2)nc1C. The first-order valence-corrected chi connectivity index (χ1v) is 10.3. The summed E-state index contributed by atoms with van der Waals surface area (Å²) in [4.78, 5) is 14.8. The fraction of sp³-hybridized carbons (Fsp3) is 0.562. The molecular formula is C16H25N7O2S. The van der Waals surface area contributed by atoms with Crippen LogP contribution in [0.1, 0.15) is 25.6 Å². The zero-order chi connectivity index (χ0) is 18.6. The van der Waals surface area contributed by atoms with E-state index in [1.54, 1.807) is 17.7 Å². The number of nitrogens with zero attached hydrogens (tertiary/aromatic N) is 5. The van der Waals surface area contributed by atoms with Gasteiger partial charge in [-0.3, -0.25) is 0 Å². The van der Waals surface area contributed by atoms with Crippen molar-refractivity contribution in [2.75, 3.05) is 36.4 Å². The topological polar surface area (TPSA) is 105 Å². The van der Waals surface area contributed by atoms with E-state index in [2.05, 4.69) is 29.9 Å². The highest BCUT2D eigenvalue weighted by Crippen LogP contribution is 2.19. The summed E-state index contributed by atoms with van der Waals surface area (Å²) in [6.07, 6.45) is 5.45. The zero-order valence-corrected chi connectivity index (χ0v) is 16.0. The summed E-state index contributed by atoms with van der Waals surface area (Å²) in [7, 11) is -3.61. The van der Waals surface area contributed by atoms with Crippen molar-refractivity contribution in [3.05, 3.63) is 24.4 Å². The van der Waals surface area contributed by atoms with Crippen molar-refractivity contribution < 1.29 is 8.42 Å². The van der Waals surface area contributed by atoms with Crippen LogP contribution in [-0.4, -0.2) is 54.1 Å². The van der Waals surface area contributed by atoms with Crippen molar-refractivity contribution in [3.63, 3.8) is 0 Å². The van der Waals surface area contributed by atoms with E-state index in [1.807, 2.05) is 13.0 Å². The van der Waals surface area contributed by atoms with Gasteiger partial charge in [-0.1, -0.05) is 0 Å². The molecule has 0 bridgehead atoms. The Kier molecular flexibility index (Phi) is 5.72. The van der Waals surface area contributed by atoms with E-state index >= 15 is 0 Å². The number of imidazole rings is 1. The van der Waals surface area contributed by atoms with Crippen molar-refractivity contribution >= 4 is 21.7 Å². The van der Waals surface area contributed by atoms with Crippen molar-refractivity contribution in [2.24, 2.45) is 0 Å². The van der Waals surface area contributed by atoms with Gasteiger partial charge in [-0.05, 0) is 26.7 Å². The first-order chi connectivity index (χ1) is 12.5. The smallest absolute Gasteiger partial charge is 0.259 e. The lowest BCUT2D eigenvalue weighted by Gasteiger charge is -2.16. The first-order valence-electron chi connectivity index (χ1n) is 8.84. The Labute approximate surface area is 153 Å². The minimum absolute atomic E-state index is 0.0511. The number of hydrogen-bond donors (Lipinski definition) is 2. The van der Waals surface area contributed by atoms with E-state index < -0.39 is 10.0 Å². The fourth-order valence-electron chi connectivity index (χ4n) is 2.94. The molecule has 2 N–H and O–H groups in total. The van der Waals surface area contributed by atoms with Gasteiger partial charge in [-0.15, -0.1) is 0 Å². The predicted molar refractivity (Wildman–Crippen MR) is 99.8 cm³/mol. The Bertz CT molecular complexity index is 844. The quantitative estimate of drug-likeness (QED) is 0.659. The highest BCUT2D eigenvalue weighted by Gasteiger charge is 2.18. The standard InChI is InChI=1S/C16H25N7O2S/c1-3-22-11-16(21-13(22)2)26(24,25)20-7-6-17-14-10-15(19-12-18-14)23-8-4-5-9-23/h10-12,20H,3-9H2,1-2H3,(H,17,18,19). The number of rotatable bonds is 8. The normalized spacial score (nSPS) is 14.8. The number of nitrogens with one attached hydrogen (secondary N) is 2. The largest absolute Gasteiger partial charge is 0.369 e. The molecule has 0 saturated carbocycles. The van der Waals surface area contributed by atoms with Gasteiger partial charge >= 0.3 is 0 Å². The fourth-order valence-corrected chi connectivity index (χ4v) is 3.98. The van der Waals surface area contributed by atoms with Gasteiger partial charge in [0.1, 0.15) is 23.8 Å². The second-order valence-corrected chi connectivity index (χ2v) is 7.91.